The zero-order chi connectivity index (χ0) is 16.1. The second-order valence-electron chi connectivity index (χ2n) is 5.06. The van der Waals surface area contributed by atoms with Crippen LogP contribution in [0.2, 0.25) is 0 Å². The summed E-state index contributed by atoms with van der Waals surface area (Å²) in [7, 11) is 0. The highest BCUT2D eigenvalue weighted by molar-refractivity contribution is 5.72. The summed E-state index contributed by atoms with van der Waals surface area (Å²) in [6, 6.07) is 6.79. The number of benzene rings is 1. The van der Waals surface area contributed by atoms with Crippen molar-refractivity contribution in [3.8, 4) is 5.75 Å². The molecule has 0 bridgehead atoms. The van der Waals surface area contributed by atoms with E-state index in [1.807, 2.05) is 0 Å². The molecule has 3 atom stereocenters. The molecule has 22 heavy (non-hydrogen) atoms. The van der Waals surface area contributed by atoms with Crippen LogP contribution < -0.4 is 4.74 Å². The molecule has 3 unspecified atom stereocenters. The van der Waals surface area contributed by atoms with E-state index < -0.39 is 24.5 Å². The number of hydrogen-bond acceptors (Lipinski definition) is 6. The fourth-order valence-electron chi connectivity index (χ4n) is 2.10. The monoisotopic (exact) mass is 310 g/mol. The molecule has 1 heterocycles. The highest BCUT2D eigenvalue weighted by Crippen LogP contribution is 2.23. The standard InChI is InChI=1S/C15H18O7/c1-9(16)20-8-10-2-4-12(5-3-10)21-14-7-11(17)6-13(22-14)15(18)19/h2-5,11,13-14,17H,6-8H2,1H3,(H,18,19). The van der Waals surface area contributed by atoms with Gasteiger partial charge in [-0.05, 0) is 17.7 Å². The van der Waals surface area contributed by atoms with Crippen molar-refractivity contribution in [1.82, 2.24) is 0 Å². The van der Waals surface area contributed by atoms with Gasteiger partial charge in [-0.25, -0.2) is 4.79 Å². The molecule has 0 aromatic heterocycles. The fraction of sp³-hybridized carbons (Fsp3) is 0.467. The van der Waals surface area contributed by atoms with E-state index in [0.29, 0.717) is 5.75 Å². The Bertz CT molecular complexity index is 525. The number of carbonyl (C=O) groups excluding carboxylic acids is 1. The molecule has 7 heteroatoms. The molecule has 1 aromatic rings. The molecule has 2 rings (SSSR count). The molecular weight excluding hydrogens is 292 g/mol. The van der Waals surface area contributed by atoms with Crippen LogP contribution in [0.4, 0.5) is 0 Å². The van der Waals surface area contributed by atoms with E-state index in [1.165, 1.54) is 6.92 Å². The molecule has 0 saturated carbocycles. The molecule has 1 aliphatic rings. The van der Waals surface area contributed by atoms with E-state index in [1.54, 1.807) is 24.3 Å². The maximum atomic E-state index is 10.9. The Morgan fingerprint density at radius 3 is 2.55 bits per heavy atom. The van der Waals surface area contributed by atoms with Crippen LogP contribution in [0.5, 0.6) is 5.75 Å². The number of rotatable bonds is 5. The molecule has 2 N–H and O–H groups in total. The summed E-state index contributed by atoms with van der Waals surface area (Å²) >= 11 is 0. The zero-order valence-corrected chi connectivity index (χ0v) is 12.1. The minimum atomic E-state index is -1.12. The third kappa shape index (κ3) is 4.71. The second kappa shape index (κ2) is 7.24. The van der Waals surface area contributed by atoms with Gasteiger partial charge < -0.3 is 24.4 Å². The zero-order valence-electron chi connectivity index (χ0n) is 12.1. The van der Waals surface area contributed by atoms with Crippen LogP contribution in [-0.2, 0) is 25.7 Å². The summed E-state index contributed by atoms with van der Waals surface area (Å²) in [4.78, 5) is 21.7. The molecular formula is C15H18O7. The van der Waals surface area contributed by atoms with Crippen molar-refractivity contribution in [2.24, 2.45) is 0 Å². The number of esters is 1. The van der Waals surface area contributed by atoms with Gasteiger partial charge in [-0.15, -0.1) is 0 Å². The van der Waals surface area contributed by atoms with Crippen LogP contribution in [0.1, 0.15) is 25.3 Å². The molecule has 120 valence electrons. The highest BCUT2D eigenvalue weighted by Gasteiger charge is 2.33. The van der Waals surface area contributed by atoms with Crippen molar-refractivity contribution in [3.05, 3.63) is 29.8 Å². The van der Waals surface area contributed by atoms with Crippen molar-refractivity contribution in [2.45, 2.75) is 44.9 Å². The number of aliphatic hydroxyl groups excluding tert-OH is 1. The summed E-state index contributed by atoms with van der Waals surface area (Å²) in [5, 5.41) is 18.6. The Balaban J connectivity index is 1.92. The Morgan fingerprint density at radius 2 is 1.95 bits per heavy atom. The summed E-state index contributed by atoms with van der Waals surface area (Å²) in [5.41, 5.74) is 0.801. The average Bonchev–Trinajstić information content (AvgIpc) is 2.46. The van der Waals surface area contributed by atoms with Crippen LogP contribution in [0.15, 0.2) is 24.3 Å². The van der Waals surface area contributed by atoms with Gasteiger partial charge in [0.05, 0.1) is 6.10 Å². The number of hydrogen-bond donors (Lipinski definition) is 2. The van der Waals surface area contributed by atoms with Gasteiger partial charge in [0.2, 0.25) is 6.29 Å². The van der Waals surface area contributed by atoms with Gasteiger partial charge in [-0.3, -0.25) is 4.79 Å². The van der Waals surface area contributed by atoms with Crippen molar-refractivity contribution < 1.29 is 34.0 Å². The van der Waals surface area contributed by atoms with E-state index in [0.717, 1.165) is 5.56 Å². The summed E-state index contributed by atoms with van der Waals surface area (Å²) in [6.07, 6.45) is -2.40. The lowest BCUT2D eigenvalue weighted by atomic mass is 10.1. The molecule has 1 aromatic carbocycles. The van der Waals surface area contributed by atoms with Gasteiger partial charge in [-0.1, -0.05) is 12.1 Å². The summed E-state index contributed by atoms with van der Waals surface area (Å²) in [5.74, 6) is -0.997. The van der Waals surface area contributed by atoms with Crippen molar-refractivity contribution in [1.29, 1.82) is 0 Å². The first-order valence-electron chi connectivity index (χ1n) is 6.89. The van der Waals surface area contributed by atoms with Gasteiger partial charge in [0.15, 0.2) is 6.10 Å². The Hall–Kier alpha value is -2.12. The van der Waals surface area contributed by atoms with E-state index in [4.69, 9.17) is 19.3 Å². The van der Waals surface area contributed by atoms with E-state index in [2.05, 4.69) is 0 Å². The first-order chi connectivity index (χ1) is 10.4. The number of ether oxygens (including phenoxy) is 3. The number of aliphatic carboxylic acids is 1. The van der Waals surface area contributed by atoms with E-state index in [9.17, 15) is 14.7 Å². The molecule has 0 amide bonds. The van der Waals surface area contributed by atoms with Crippen LogP contribution in [0, 0.1) is 0 Å². The van der Waals surface area contributed by atoms with Crippen LogP contribution in [0.25, 0.3) is 0 Å². The maximum absolute atomic E-state index is 10.9. The molecule has 1 aliphatic heterocycles. The molecule has 0 spiro atoms. The van der Waals surface area contributed by atoms with Gasteiger partial charge >= 0.3 is 11.9 Å². The lowest BCUT2D eigenvalue weighted by Crippen LogP contribution is -2.42. The van der Waals surface area contributed by atoms with Crippen molar-refractivity contribution in [2.75, 3.05) is 0 Å². The van der Waals surface area contributed by atoms with Gasteiger partial charge in [-0.2, -0.15) is 0 Å². The lowest BCUT2D eigenvalue weighted by Gasteiger charge is -2.31. The maximum Gasteiger partial charge on any atom is 0.333 e. The Morgan fingerprint density at radius 1 is 1.27 bits per heavy atom. The first-order valence-corrected chi connectivity index (χ1v) is 6.89. The smallest absolute Gasteiger partial charge is 0.333 e. The highest BCUT2D eigenvalue weighted by atomic mass is 16.7. The SMILES string of the molecule is CC(=O)OCc1ccc(OC2CC(O)CC(C(=O)O)O2)cc1. The topological polar surface area (TPSA) is 102 Å². The fourth-order valence-corrected chi connectivity index (χ4v) is 2.10. The van der Waals surface area contributed by atoms with Gasteiger partial charge in [0, 0.05) is 19.8 Å². The minimum absolute atomic E-state index is 0.0521. The third-order valence-electron chi connectivity index (χ3n) is 3.18. The predicted octanol–water partition coefficient (Wildman–Crippen LogP) is 1.08. The average molecular weight is 310 g/mol. The van der Waals surface area contributed by atoms with Crippen molar-refractivity contribution >= 4 is 11.9 Å². The summed E-state index contributed by atoms with van der Waals surface area (Å²) in [6.45, 7) is 1.51. The quantitative estimate of drug-likeness (QED) is 0.784. The van der Waals surface area contributed by atoms with Crippen LogP contribution in [-0.4, -0.2) is 40.6 Å². The van der Waals surface area contributed by atoms with Gasteiger partial charge in [0.1, 0.15) is 12.4 Å². The largest absolute Gasteiger partial charge is 0.479 e. The third-order valence-corrected chi connectivity index (χ3v) is 3.18. The molecule has 1 fully saturated rings. The van der Waals surface area contributed by atoms with Gasteiger partial charge in [0.25, 0.3) is 0 Å². The van der Waals surface area contributed by atoms with E-state index in [-0.39, 0.29) is 25.4 Å². The number of carboxylic acids is 1. The minimum Gasteiger partial charge on any atom is -0.479 e. The van der Waals surface area contributed by atoms with Crippen molar-refractivity contribution in [3.63, 3.8) is 0 Å². The van der Waals surface area contributed by atoms with E-state index >= 15 is 0 Å². The van der Waals surface area contributed by atoms with Crippen LogP contribution in [0.3, 0.4) is 0 Å². The number of carboxylic acid groups (broad SMARTS) is 1. The molecule has 1 saturated heterocycles. The van der Waals surface area contributed by atoms with Crippen LogP contribution >= 0.6 is 0 Å². The first kappa shape index (κ1) is 16.3. The molecule has 0 radical (unpaired) electrons. The molecule has 7 nitrogen and oxygen atoms in total. The molecule has 0 aliphatic carbocycles. The Kier molecular flexibility index (Phi) is 5.35. The number of aliphatic hydroxyl groups is 1. The Labute approximate surface area is 127 Å². The normalized spacial score (nSPS) is 24.5. The second-order valence-corrected chi connectivity index (χ2v) is 5.06. The lowest BCUT2D eigenvalue weighted by molar-refractivity contribution is -0.195. The predicted molar refractivity (Wildman–Crippen MR) is 74.1 cm³/mol. The summed E-state index contributed by atoms with van der Waals surface area (Å²) < 4.78 is 15.7. The number of carbonyl (C=O) groups is 2.